The normalized spacial score (nSPS) is 23.5. The molecule has 2 atom stereocenters. The van der Waals surface area contributed by atoms with E-state index in [2.05, 4.69) is 0 Å². The van der Waals surface area contributed by atoms with Crippen molar-refractivity contribution in [2.75, 3.05) is 13.2 Å². The van der Waals surface area contributed by atoms with E-state index in [0.29, 0.717) is 11.5 Å². The van der Waals surface area contributed by atoms with Gasteiger partial charge < -0.3 is 25.4 Å². The molecule has 2 rings (SSSR count). The second-order valence-corrected chi connectivity index (χ2v) is 4.90. The first-order valence-electron chi connectivity index (χ1n) is 5.97. The van der Waals surface area contributed by atoms with Crippen LogP contribution in [0, 0.1) is 6.92 Å². The lowest BCUT2D eigenvalue weighted by molar-refractivity contribution is -0.141. The minimum Gasteiger partial charge on any atom is -0.487 e. The Morgan fingerprint density at radius 2 is 2.05 bits per heavy atom. The first-order chi connectivity index (χ1) is 8.89. The number of aryl methyl sites for hydroxylation is 1. The molecule has 0 spiro atoms. The molecule has 4 N–H and O–H groups in total. The van der Waals surface area contributed by atoms with Crippen LogP contribution < -0.4 is 15.2 Å². The van der Waals surface area contributed by atoms with Crippen LogP contribution in [0.4, 0.5) is 0 Å². The fraction of sp³-hybridized carbons (Fsp3) is 0.462. The van der Waals surface area contributed by atoms with E-state index in [0.717, 1.165) is 5.56 Å². The van der Waals surface area contributed by atoms with Crippen molar-refractivity contribution in [3.63, 3.8) is 0 Å². The molecule has 1 heterocycles. The quantitative estimate of drug-likeness (QED) is 0.728. The van der Waals surface area contributed by atoms with E-state index in [1.165, 1.54) is 0 Å². The SMILES string of the molecule is Cc1ccc2c(c1)OCC(O)(C[C@H](N)C(=O)O)CO2. The molecular formula is C13H17NO5. The monoisotopic (exact) mass is 267 g/mol. The molecular weight excluding hydrogens is 250 g/mol. The molecule has 6 nitrogen and oxygen atoms in total. The van der Waals surface area contributed by atoms with Crippen molar-refractivity contribution in [3.8, 4) is 11.5 Å². The zero-order valence-electron chi connectivity index (χ0n) is 10.6. The zero-order valence-corrected chi connectivity index (χ0v) is 10.6. The Hall–Kier alpha value is -1.79. The van der Waals surface area contributed by atoms with Crippen LogP contribution in [-0.2, 0) is 4.79 Å². The fourth-order valence-corrected chi connectivity index (χ4v) is 1.93. The van der Waals surface area contributed by atoms with E-state index in [1.807, 2.05) is 13.0 Å². The van der Waals surface area contributed by atoms with Gasteiger partial charge in [0, 0.05) is 6.42 Å². The Labute approximate surface area is 110 Å². The predicted molar refractivity (Wildman–Crippen MR) is 67.3 cm³/mol. The molecule has 0 bridgehead atoms. The van der Waals surface area contributed by atoms with Gasteiger partial charge in [0.1, 0.15) is 24.9 Å². The number of rotatable bonds is 3. The standard InChI is InChI=1S/C13H17NO5/c1-8-2-3-10-11(4-8)19-7-13(17,6-18-10)5-9(14)12(15)16/h2-4,9,17H,5-7,14H2,1H3,(H,15,16)/t9-,13?/m0/s1. The molecule has 104 valence electrons. The summed E-state index contributed by atoms with van der Waals surface area (Å²) in [6, 6.07) is 4.28. The summed E-state index contributed by atoms with van der Waals surface area (Å²) >= 11 is 0. The summed E-state index contributed by atoms with van der Waals surface area (Å²) in [6.07, 6.45) is -0.130. The number of nitrogens with two attached hydrogens (primary N) is 1. The highest BCUT2D eigenvalue weighted by atomic mass is 16.6. The molecule has 1 aromatic rings. The van der Waals surface area contributed by atoms with Gasteiger partial charge in [0.05, 0.1) is 0 Å². The molecule has 19 heavy (non-hydrogen) atoms. The molecule has 0 saturated carbocycles. The lowest BCUT2D eigenvalue weighted by Crippen LogP contribution is -2.48. The minimum absolute atomic E-state index is 0.0512. The number of hydrogen-bond donors (Lipinski definition) is 3. The Bertz CT molecular complexity index is 490. The number of carboxylic acid groups (broad SMARTS) is 1. The molecule has 0 radical (unpaired) electrons. The van der Waals surface area contributed by atoms with Gasteiger partial charge in [-0.2, -0.15) is 0 Å². The molecule has 1 aliphatic rings. The van der Waals surface area contributed by atoms with Gasteiger partial charge in [-0.25, -0.2) is 0 Å². The van der Waals surface area contributed by atoms with Crippen LogP contribution in [0.2, 0.25) is 0 Å². The maximum absolute atomic E-state index is 10.7. The molecule has 1 aromatic carbocycles. The molecule has 6 heteroatoms. The highest BCUT2D eigenvalue weighted by Crippen LogP contribution is 2.33. The van der Waals surface area contributed by atoms with Crippen LogP contribution in [-0.4, -0.2) is 41.0 Å². The maximum Gasteiger partial charge on any atom is 0.320 e. The first-order valence-corrected chi connectivity index (χ1v) is 5.97. The average molecular weight is 267 g/mol. The molecule has 0 aromatic heterocycles. The van der Waals surface area contributed by atoms with E-state index in [-0.39, 0.29) is 19.6 Å². The van der Waals surface area contributed by atoms with Gasteiger partial charge in [0.25, 0.3) is 0 Å². The summed E-state index contributed by atoms with van der Waals surface area (Å²) in [4.78, 5) is 10.7. The van der Waals surface area contributed by atoms with Gasteiger partial charge in [0.15, 0.2) is 11.5 Å². The largest absolute Gasteiger partial charge is 0.487 e. The van der Waals surface area contributed by atoms with Crippen LogP contribution >= 0.6 is 0 Å². The Kier molecular flexibility index (Phi) is 3.64. The van der Waals surface area contributed by atoms with E-state index in [1.54, 1.807) is 12.1 Å². The highest BCUT2D eigenvalue weighted by molar-refractivity contribution is 5.73. The van der Waals surface area contributed by atoms with Crippen molar-refractivity contribution >= 4 is 5.97 Å². The fourth-order valence-electron chi connectivity index (χ4n) is 1.93. The van der Waals surface area contributed by atoms with Crippen molar-refractivity contribution in [2.24, 2.45) is 5.73 Å². The second-order valence-electron chi connectivity index (χ2n) is 4.90. The van der Waals surface area contributed by atoms with Crippen molar-refractivity contribution in [2.45, 2.75) is 25.0 Å². The Morgan fingerprint density at radius 3 is 2.68 bits per heavy atom. The number of hydrogen-bond acceptors (Lipinski definition) is 5. The summed E-state index contributed by atoms with van der Waals surface area (Å²) in [7, 11) is 0. The molecule has 1 aliphatic heterocycles. The smallest absolute Gasteiger partial charge is 0.320 e. The van der Waals surface area contributed by atoms with Crippen molar-refractivity contribution in [1.29, 1.82) is 0 Å². The number of aliphatic carboxylic acids is 1. The molecule has 0 aliphatic carbocycles. The average Bonchev–Trinajstić information content (AvgIpc) is 2.49. The van der Waals surface area contributed by atoms with Gasteiger partial charge >= 0.3 is 5.97 Å². The first kappa shape index (κ1) is 13.6. The van der Waals surface area contributed by atoms with E-state index >= 15 is 0 Å². The molecule has 0 amide bonds. The van der Waals surface area contributed by atoms with Crippen LogP contribution in [0.3, 0.4) is 0 Å². The van der Waals surface area contributed by atoms with Gasteiger partial charge in [-0.3, -0.25) is 4.79 Å². The third kappa shape index (κ3) is 3.15. The van der Waals surface area contributed by atoms with Crippen LogP contribution in [0.5, 0.6) is 11.5 Å². The zero-order chi connectivity index (χ0) is 14.0. The van der Waals surface area contributed by atoms with Crippen LogP contribution in [0.15, 0.2) is 18.2 Å². The van der Waals surface area contributed by atoms with Gasteiger partial charge in [-0.05, 0) is 24.6 Å². The van der Waals surface area contributed by atoms with E-state index in [4.69, 9.17) is 20.3 Å². The van der Waals surface area contributed by atoms with Crippen molar-refractivity contribution < 1.29 is 24.5 Å². The number of fused-ring (bicyclic) bond motifs is 1. The minimum atomic E-state index is -1.41. The lowest BCUT2D eigenvalue weighted by Gasteiger charge is -2.26. The Balaban J connectivity index is 2.12. The Morgan fingerprint density at radius 1 is 1.42 bits per heavy atom. The number of aliphatic hydroxyl groups is 1. The number of benzene rings is 1. The summed E-state index contributed by atoms with van der Waals surface area (Å²) in [5.41, 5.74) is 5.04. The van der Waals surface area contributed by atoms with E-state index in [9.17, 15) is 9.90 Å². The third-order valence-corrected chi connectivity index (χ3v) is 3.01. The predicted octanol–water partition coefficient (Wildman–Crippen LogP) is 0.299. The van der Waals surface area contributed by atoms with Crippen molar-refractivity contribution in [1.82, 2.24) is 0 Å². The topological polar surface area (TPSA) is 102 Å². The van der Waals surface area contributed by atoms with Gasteiger partial charge in [-0.1, -0.05) is 6.07 Å². The highest BCUT2D eigenvalue weighted by Gasteiger charge is 2.36. The molecule has 0 saturated heterocycles. The summed E-state index contributed by atoms with van der Waals surface area (Å²) in [5, 5.41) is 19.1. The van der Waals surface area contributed by atoms with E-state index < -0.39 is 17.6 Å². The second kappa shape index (κ2) is 5.07. The lowest BCUT2D eigenvalue weighted by atomic mass is 9.97. The van der Waals surface area contributed by atoms with Crippen LogP contribution in [0.25, 0.3) is 0 Å². The maximum atomic E-state index is 10.7. The number of ether oxygens (including phenoxy) is 2. The number of carbonyl (C=O) groups is 1. The number of carboxylic acids is 1. The van der Waals surface area contributed by atoms with Gasteiger partial charge in [0.2, 0.25) is 0 Å². The molecule has 1 unspecified atom stereocenters. The van der Waals surface area contributed by atoms with Crippen LogP contribution in [0.1, 0.15) is 12.0 Å². The van der Waals surface area contributed by atoms with Gasteiger partial charge in [-0.15, -0.1) is 0 Å². The summed E-state index contributed by atoms with van der Waals surface area (Å²) < 4.78 is 11.0. The van der Waals surface area contributed by atoms with Crippen molar-refractivity contribution in [3.05, 3.63) is 23.8 Å². The third-order valence-electron chi connectivity index (χ3n) is 3.01. The summed E-state index contributed by atoms with van der Waals surface area (Å²) in [6.45, 7) is 1.82. The molecule has 0 fully saturated rings. The summed E-state index contributed by atoms with van der Waals surface area (Å²) in [5.74, 6) is -0.0868.